The molecule has 2 N–H and O–H groups in total. The van der Waals surface area contributed by atoms with Crippen molar-refractivity contribution >= 4 is 45.8 Å². The lowest BCUT2D eigenvalue weighted by Crippen LogP contribution is -2.15. The minimum atomic E-state index is -1.17. The van der Waals surface area contributed by atoms with Crippen LogP contribution in [0.2, 0.25) is 0 Å². The molecule has 0 saturated carbocycles. The van der Waals surface area contributed by atoms with E-state index in [1.165, 1.54) is 30.3 Å². The number of hydrogen-bond acceptors (Lipinski definition) is 4. The van der Waals surface area contributed by atoms with Gasteiger partial charge in [0.15, 0.2) is 0 Å². The largest absolute Gasteiger partial charge is 0.478 e. The Morgan fingerprint density at radius 1 is 1.18 bits per heavy atom. The van der Waals surface area contributed by atoms with Crippen LogP contribution >= 0.6 is 22.6 Å². The molecular weight excluding hydrogens is 403 g/mol. The van der Waals surface area contributed by atoms with E-state index in [2.05, 4.69) is 5.32 Å². The third-order valence-electron chi connectivity index (χ3n) is 2.78. The van der Waals surface area contributed by atoms with Crippen molar-refractivity contribution in [3.05, 3.63) is 67.3 Å². The summed E-state index contributed by atoms with van der Waals surface area (Å²) in [7, 11) is 0. The number of amides is 1. The van der Waals surface area contributed by atoms with Crippen molar-refractivity contribution in [2.45, 2.75) is 0 Å². The molecule has 2 aromatic rings. The number of halogens is 1. The van der Waals surface area contributed by atoms with E-state index in [1.54, 1.807) is 6.07 Å². The predicted octanol–water partition coefficient (Wildman–Crippen LogP) is 3.15. The summed E-state index contributed by atoms with van der Waals surface area (Å²) in [6.07, 6.45) is 0. The van der Waals surface area contributed by atoms with Crippen LogP contribution in [0.15, 0.2) is 42.5 Å². The van der Waals surface area contributed by atoms with Crippen molar-refractivity contribution in [3.8, 4) is 0 Å². The highest BCUT2D eigenvalue weighted by Gasteiger charge is 2.16. The first-order valence-corrected chi connectivity index (χ1v) is 7.05. The zero-order valence-electron chi connectivity index (χ0n) is 10.9. The number of nitro benzene ring substituents is 1. The molecule has 112 valence electrons. The molecule has 0 fully saturated rings. The molecule has 0 aliphatic rings. The Hall–Kier alpha value is -2.49. The molecule has 0 spiro atoms. The number of benzene rings is 2. The molecule has 2 rings (SSSR count). The fourth-order valence-corrected chi connectivity index (χ4v) is 2.25. The Kier molecular flexibility index (Phi) is 4.71. The van der Waals surface area contributed by atoms with Crippen LogP contribution in [0.5, 0.6) is 0 Å². The minimum absolute atomic E-state index is 0.0503. The number of rotatable bonds is 4. The van der Waals surface area contributed by atoms with Crippen LogP contribution in [0.25, 0.3) is 0 Å². The molecule has 0 aromatic heterocycles. The Bertz CT molecular complexity index is 776. The van der Waals surface area contributed by atoms with Gasteiger partial charge in [-0.1, -0.05) is 6.07 Å². The maximum absolute atomic E-state index is 12.1. The van der Waals surface area contributed by atoms with Gasteiger partial charge in [-0.2, -0.15) is 0 Å². The first-order valence-electron chi connectivity index (χ1n) is 5.97. The van der Waals surface area contributed by atoms with Crippen LogP contribution in [0.1, 0.15) is 20.7 Å². The fourth-order valence-electron chi connectivity index (χ4n) is 1.76. The van der Waals surface area contributed by atoms with Crippen LogP contribution in [0.3, 0.4) is 0 Å². The van der Waals surface area contributed by atoms with Crippen LogP contribution in [-0.4, -0.2) is 21.9 Å². The summed E-state index contributed by atoms with van der Waals surface area (Å²) in [6.45, 7) is 0. The zero-order valence-corrected chi connectivity index (χ0v) is 13.1. The Balaban J connectivity index is 2.31. The highest BCUT2D eigenvalue weighted by molar-refractivity contribution is 14.1. The summed E-state index contributed by atoms with van der Waals surface area (Å²) in [6, 6.07) is 9.74. The van der Waals surface area contributed by atoms with Crippen LogP contribution in [-0.2, 0) is 0 Å². The average molecular weight is 412 g/mol. The maximum Gasteiger partial charge on any atom is 0.337 e. The molecule has 0 saturated heterocycles. The van der Waals surface area contributed by atoms with E-state index in [-0.39, 0.29) is 22.5 Å². The standard InChI is InChI=1S/C14H9IN2O5/c15-9-4-5-12(11(7-9)14(19)20)16-13(18)8-2-1-3-10(6-8)17(21)22/h1-7H,(H,16,18)(H,19,20). The second-order valence-electron chi connectivity index (χ2n) is 4.26. The molecule has 0 atom stereocenters. The quantitative estimate of drug-likeness (QED) is 0.456. The molecule has 0 aliphatic heterocycles. The zero-order chi connectivity index (χ0) is 16.3. The van der Waals surface area contributed by atoms with Gasteiger partial charge in [-0.05, 0) is 46.9 Å². The minimum Gasteiger partial charge on any atom is -0.478 e. The normalized spacial score (nSPS) is 10.0. The molecule has 0 aliphatic carbocycles. The lowest BCUT2D eigenvalue weighted by atomic mass is 10.1. The van der Waals surface area contributed by atoms with Gasteiger partial charge in [0.25, 0.3) is 11.6 Å². The molecule has 2 aromatic carbocycles. The summed E-state index contributed by atoms with van der Waals surface area (Å²) in [5, 5.41) is 22.3. The van der Waals surface area contributed by atoms with Gasteiger partial charge in [0, 0.05) is 21.3 Å². The number of nitrogens with zero attached hydrogens (tertiary/aromatic N) is 1. The van der Waals surface area contributed by atoms with Crippen molar-refractivity contribution in [2.24, 2.45) is 0 Å². The van der Waals surface area contributed by atoms with Gasteiger partial charge in [-0.3, -0.25) is 14.9 Å². The molecular formula is C14H9IN2O5. The van der Waals surface area contributed by atoms with Crippen LogP contribution < -0.4 is 5.32 Å². The summed E-state index contributed by atoms with van der Waals surface area (Å²) in [5.74, 6) is -1.79. The molecule has 0 bridgehead atoms. The first kappa shape index (κ1) is 15.9. The maximum atomic E-state index is 12.1. The molecule has 7 nitrogen and oxygen atoms in total. The molecule has 0 radical (unpaired) electrons. The fraction of sp³-hybridized carbons (Fsp3) is 0. The summed E-state index contributed by atoms with van der Waals surface area (Å²) < 4.78 is 0.711. The molecule has 0 unspecified atom stereocenters. The average Bonchev–Trinajstić information content (AvgIpc) is 2.48. The number of carbonyl (C=O) groups is 2. The van der Waals surface area contributed by atoms with Gasteiger partial charge >= 0.3 is 5.97 Å². The van der Waals surface area contributed by atoms with Crippen LogP contribution in [0, 0.1) is 13.7 Å². The number of nitrogens with one attached hydrogen (secondary N) is 1. The van der Waals surface area contributed by atoms with E-state index in [4.69, 9.17) is 5.11 Å². The molecule has 1 amide bonds. The molecule has 8 heteroatoms. The first-order chi connectivity index (χ1) is 10.4. The number of carbonyl (C=O) groups excluding carboxylic acids is 1. The van der Waals surface area contributed by atoms with E-state index in [0.29, 0.717) is 3.57 Å². The summed E-state index contributed by atoms with van der Waals surface area (Å²) in [5.41, 5.74) is -0.0621. The third-order valence-corrected chi connectivity index (χ3v) is 3.45. The Morgan fingerprint density at radius 3 is 2.55 bits per heavy atom. The number of nitro groups is 1. The number of carboxylic acid groups (broad SMARTS) is 1. The van der Waals surface area contributed by atoms with Gasteiger partial charge in [0.2, 0.25) is 0 Å². The van der Waals surface area contributed by atoms with E-state index in [1.807, 2.05) is 22.6 Å². The summed E-state index contributed by atoms with van der Waals surface area (Å²) in [4.78, 5) is 33.4. The Morgan fingerprint density at radius 2 is 1.91 bits per heavy atom. The number of non-ortho nitro benzene ring substituents is 1. The molecule has 22 heavy (non-hydrogen) atoms. The van der Waals surface area contributed by atoms with Crippen molar-refractivity contribution in [1.82, 2.24) is 0 Å². The smallest absolute Gasteiger partial charge is 0.337 e. The highest BCUT2D eigenvalue weighted by atomic mass is 127. The van der Waals surface area contributed by atoms with Crippen molar-refractivity contribution in [3.63, 3.8) is 0 Å². The van der Waals surface area contributed by atoms with E-state index in [9.17, 15) is 19.7 Å². The second kappa shape index (κ2) is 6.52. The van der Waals surface area contributed by atoms with Gasteiger partial charge < -0.3 is 10.4 Å². The second-order valence-corrected chi connectivity index (χ2v) is 5.50. The highest BCUT2D eigenvalue weighted by Crippen LogP contribution is 2.21. The van der Waals surface area contributed by atoms with E-state index >= 15 is 0 Å². The third kappa shape index (κ3) is 3.58. The van der Waals surface area contributed by atoms with Gasteiger partial charge in [0.1, 0.15) is 0 Å². The lowest BCUT2D eigenvalue weighted by molar-refractivity contribution is -0.384. The lowest BCUT2D eigenvalue weighted by Gasteiger charge is -2.09. The predicted molar refractivity (Wildman–Crippen MR) is 87.2 cm³/mol. The number of anilines is 1. The van der Waals surface area contributed by atoms with Crippen molar-refractivity contribution in [1.29, 1.82) is 0 Å². The van der Waals surface area contributed by atoms with Gasteiger partial charge in [-0.15, -0.1) is 0 Å². The Labute approximate surface area is 138 Å². The number of aromatic carboxylic acids is 1. The monoisotopic (exact) mass is 412 g/mol. The SMILES string of the molecule is O=C(Nc1ccc(I)cc1C(=O)O)c1cccc([N+](=O)[O-])c1. The van der Waals surface area contributed by atoms with Crippen LogP contribution in [0.4, 0.5) is 11.4 Å². The van der Waals surface area contributed by atoms with Gasteiger partial charge in [0.05, 0.1) is 16.2 Å². The van der Waals surface area contributed by atoms with E-state index < -0.39 is 16.8 Å². The molecule has 0 heterocycles. The number of carboxylic acids is 1. The van der Waals surface area contributed by atoms with Crippen molar-refractivity contribution in [2.75, 3.05) is 5.32 Å². The van der Waals surface area contributed by atoms with E-state index in [0.717, 1.165) is 6.07 Å². The summed E-state index contributed by atoms with van der Waals surface area (Å²) >= 11 is 1.96. The van der Waals surface area contributed by atoms with Crippen molar-refractivity contribution < 1.29 is 19.6 Å². The number of hydrogen-bond donors (Lipinski definition) is 2. The topological polar surface area (TPSA) is 110 Å². The van der Waals surface area contributed by atoms with Gasteiger partial charge in [-0.25, -0.2) is 4.79 Å².